The number of nitrogens with zero attached hydrogens (tertiary/aromatic N) is 4. The molecule has 1 aliphatic heterocycles. The number of piperidine rings is 1. The van der Waals surface area contributed by atoms with Gasteiger partial charge in [-0.15, -0.1) is 0 Å². The molecule has 1 aromatic carbocycles. The van der Waals surface area contributed by atoms with Crippen molar-refractivity contribution in [1.29, 1.82) is 0 Å². The molecule has 0 unspecified atom stereocenters. The fourth-order valence-corrected chi connectivity index (χ4v) is 3.05. The van der Waals surface area contributed by atoms with Crippen LogP contribution in [0.2, 0.25) is 0 Å². The van der Waals surface area contributed by atoms with E-state index in [9.17, 15) is 4.39 Å². The molecule has 4 nitrogen and oxygen atoms in total. The van der Waals surface area contributed by atoms with E-state index >= 15 is 0 Å². The average molecular weight is 302 g/mol. The van der Waals surface area contributed by atoms with Gasteiger partial charge < -0.3 is 9.80 Å². The SMILES string of the molecule is CCN(C)c1nc(C)nc2cc(F)c(N3CCCCC3)cc12. The van der Waals surface area contributed by atoms with Gasteiger partial charge in [-0.05, 0) is 39.2 Å². The van der Waals surface area contributed by atoms with E-state index in [0.717, 1.165) is 43.7 Å². The molecule has 0 bridgehead atoms. The predicted molar refractivity (Wildman–Crippen MR) is 89.2 cm³/mol. The van der Waals surface area contributed by atoms with E-state index < -0.39 is 0 Å². The van der Waals surface area contributed by atoms with Gasteiger partial charge in [0.1, 0.15) is 17.5 Å². The van der Waals surface area contributed by atoms with E-state index in [1.165, 1.54) is 6.42 Å². The second-order valence-corrected chi connectivity index (χ2v) is 5.98. The summed E-state index contributed by atoms with van der Waals surface area (Å²) in [5.74, 6) is 1.37. The lowest BCUT2D eigenvalue weighted by Crippen LogP contribution is -2.30. The van der Waals surface area contributed by atoms with E-state index in [0.29, 0.717) is 17.0 Å². The third kappa shape index (κ3) is 2.72. The third-order valence-electron chi connectivity index (χ3n) is 4.39. The van der Waals surface area contributed by atoms with Gasteiger partial charge >= 0.3 is 0 Å². The van der Waals surface area contributed by atoms with Crippen LogP contribution in [0.4, 0.5) is 15.9 Å². The molecule has 0 saturated carbocycles. The van der Waals surface area contributed by atoms with Crippen LogP contribution in [0.3, 0.4) is 0 Å². The summed E-state index contributed by atoms with van der Waals surface area (Å²) in [6.45, 7) is 6.63. The fourth-order valence-electron chi connectivity index (χ4n) is 3.05. The number of hydrogen-bond donors (Lipinski definition) is 0. The monoisotopic (exact) mass is 302 g/mol. The highest BCUT2D eigenvalue weighted by atomic mass is 19.1. The highest BCUT2D eigenvalue weighted by Crippen LogP contribution is 2.31. The first-order valence-electron chi connectivity index (χ1n) is 8.04. The molecular formula is C17H23FN4. The minimum absolute atomic E-state index is 0.183. The number of anilines is 2. The van der Waals surface area contributed by atoms with Crippen LogP contribution < -0.4 is 9.80 Å². The molecule has 0 spiro atoms. The Labute approximate surface area is 131 Å². The molecule has 3 rings (SSSR count). The third-order valence-corrected chi connectivity index (χ3v) is 4.39. The summed E-state index contributed by atoms with van der Waals surface area (Å²) in [7, 11) is 2.01. The molecule has 5 heteroatoms. The molecule has 0 atom stereocenters. The normalized spacial score (nSPS) is 15.4. The molecule has 0 N–H and O–H groups in total. The van der Waals surface area contributed by atoms with Gasteiger partial charge in [-0.25, -0.2) is 14.4 Å². The molecule has 0 amide bonds. The van der Waals surface area contributed by atoms with Crippen LogP contribution in [0, 0.1) is 12.7 Å². The summed E-state index contributed by atoms with van der Waals surface area (Å²) in [5, 5.41) is 0.928. The lowest BCUT2D eigenvalue weighted by Gasteiger charge is -2.29. The smallest absolute Gasteiger partial charge is 0.148 e. The molecule has 2 aromatic rings. The molecule has 1 saturated heterocycles. The lowest BCUT2D eigenvalue weighted by molar-refractivity contribution is 0.557. The quantitative estimate of drug-likeness (QED) is 0.868. The first-order chi connectivity index (χ1) is 10.6. The maximum atomic E-state index is 14.5. The number of aryl methyl sites for hydroxylation is 1. The standard InChI is InChI=1S/C17H23FN4/c1-4-21(3)17-13-10-16(22-8-6-5-7-9-22)14(18)11-15(13)19-12(2)20-17/h10-11H,4-9H2,1-3H3. The van der Waals surface area contributed by atoms with Crippen molar-refractivity contribution in [3.63, 3.8) is 0 Å². The van der Waals surface area contributed by atoms with Crippen molar-refractivity contribution in [2.75, 3.05) is 36.5 Å². The molecule has 1 aliphatic rings. The van der Waals surface area contributed by atoms with E-state index in [-0.39, 0.29) is 5.82 Å². The molecule has 1 aromatic heterocycles. The molecule has 0 aliphatic carbocycles. The molecule has 118 valence electrons. The average Bonchev–Trinajstić information content (AvgIpc) is 2.53. The lowest BCUT2D eigenvalue weighted by atomic mass is 10.1. The number of benzene rings is 1. The zero-order valence-electron chi connectivity index (χ0n) is 13.6. The second kappa shape index (κ2) is 6.07. The van der Waals surface area contributed by atoms with Crippen LogP contribution in [0.1, 0.15) is 32.0 Å². The minimum Gasteiger partial charge on any atom is -0.369 e. The number of rotatable bonds is 3. The zero-order valence-corrected chi connectivity index (χ0v) is 13.6. The molecule has 2 heterocycles. The maximum absolute atomic E-state index is 14.5. The van der Waals surface area contributed by atoms with Crippen molar-refractivity contribution >= 4 is 22.4 Å². The second-order valence-electron chi connectivity index (χ2n) is 5.98. The van der Waals surface area contributed by atoms with E-state index in [4.69, 9.17) is 0 Å². The van der Waals surface area contributed by atoms with Gasteiger partial charge in [-0.1, -0.05) is 0 Å². The van der Waals surface area contributed by atoms with Crippen molar-refractivity contribution < 1.29 is 4.39 Å². The van der Waals surface area contributed by atoms with Crippen LogP contribution in [0.25, 0.3) is 10.9 Å². The Balaban J connectivity index is 2.15. The zero-order chi connectivity index (χ0) is 15.7. The van der Waals surface area contributed by atoms with Gasteiger partial charge in [0, 0.05) is 38.1 Å². The topological polar surface area (TPSA) is 32.3 Å². The first kappa shape index (κ1) is 15.0. The summed E-state index contributed by atoms with van der Waals surface area (Å²) >= 11 is 0. The van der Waals surface area contributed by atoms with Crippen molar-refractivity contribution in [3.8, 4) is 0 Å². The number of hydrogen-bond acceptors (Lipinski definition) is 4. The number of halogens is 1. The maximum Gasteiger partial charge on any atom is 0.148 e. The van der Waals surface area contributed by atoms with Crippen molar-refractivity contribution in [1.82, 2.24) is 9.97 Å². The van der Waals surface area contributed by atoms with E-state index in [1.807, 2.05) is 20.0 Å². The molecule has 1 fully saturated rings. The summed E-state index contributed by atoms with van der Waals surface area (Å²) in [6.07, 6.45) is 3.49. The Morgan fingerprint density at radius 2 is 1.91 bits per heavy atom. The summed E-state index contributed by atoms with van der Waals surface area (Å²) in [4.78, 5) is 13.2. The van der Waals surface area contributed by atoms with Gasteiger partial charge in [0.05, 0.1) is 11.2 Å². The Morgan fingerprint density at radius 1 is 1.18 bits per heavy atom. The Hall–Kier alpha value is -1.91. The van der Waals surface area contributed by atoms with Crippen molar-refractivity contribution in [2.45, 2.75) is 33.1 Å². The van der Waals surface area contributed by atoms with Crippen molar-refractivity contribution in [2.24, 2.45) is 0 Å². The molecule has 0 radical (unpaired) electrons. The Bertz CT molecular complexity index is 680. The number of aromatic nitrogens is 2. The van der Waals surface area contributed by atoms with Crippen LogP contribution in [0.5, 0.6) is 0 Å². The van der Waals surface area contributed by atoms with Gasteiger partial charge in [-0.2, -0.15) is 0 Å². The molecule has 22 heavy (non-hydrogen) atoms. The summed E-state index contributed by atoms with van der Waals surface area (Å²) in [6, 6.07) is 3.48. The predicted octanol–water partition coefficient (Wildman–Crippen LogP) is 3.52. The Morgan fingerprint density at radius 3 is 2.59 bits per heavy atom. The van der Waals surface area contributed by atoms with Crippen LogP contribution >= 0.6 is 0 Å². The van der Waals surface area contributed by atoms with Gasteiger partial charge in [0.25, 0.3) is 0 Å². The largest absolute Gasteiger partial charge is 0.369 e. The Kier molecular flexibility index (Phi) is 4.14. The summed E-state index contributed by atoms with van der Waals surface area (Å²) in [5.41, 5.74) is 1.37. The molecular weight excluding hydrogens is 279 g/mol. The van der Waals surface area contributed by atoms with Crippen LogP contribution in [-0.4, -0.2) is 36.6 Å². The minimum atomic E-state index is -0.183. The van der Waals surface area contributed by atoms with Gasteiger partial charge in [0.15, 0.2) is 0 Å². The van der Waals surface area contributed by atoms with E-state index in [2.05, 4.69) is 26.7 Å². The van der Waals surface area contributed by atoms with Gasteiger partial charge in [0.2, 0.25) is 0 Å². The first-order valence-corrected chi connectivity index (χ1v) is 8.04. The van der Waals surface area contributed by atoms with Crippen molar-refractivity contribution in [3.05, 3.63) is 23.8 Å². The number of fused-ring (bicyclic) bond motifs is 1. The fraction of sp³-hybridized carbons (Fsp3) is 0.529. The summed E-state index contributed by atoms with van der Waals surface area (Å²) < 4.78 is 14.5. The van der Waals surface area contributed by atoms with E-state index in [1.54, 1.807) is 6.07 Å². The van der Waals surface area contributed by atoms with Crippen LogP contribution in [-0.2, 0) is 0 Å². The van der Waals surface area contributed by atoms with Gasteiger partial charge in [-0.3, -0.25) is 0 Å². The highest BCUT2D eigenvalue weighted by molar-refractivity contribution is 5.92. The highest BCUT2D eigenvalue weighted by Gasteiger charge is 2.18. The van der Waals surface area contributed by atoms with Crippen LogP contribution in [0.15, 0.2) is 12.1 Å².